The summed E-state index contributed by atoms with van der Waals surface area (Å²) in [6.45, 7) is 4.50. The fourth-order valence-electron chi connectivity index (χ4n) is 3.08. The highest BCUT2D eigenvalue weighted by molar-refractivity contribution is 5.76. The third-order valence-electron chi connectivity index (χ3n) is 4.27. The topological polar surface area (TPSA) is 46.9 Å². The predicted molar refractivity (Wildman–Crippen MR) is 75.6 cm³/mol. The lowest BCUT2D eigenvalue weighted by Crippen LogP contribution is -2.45. The number of rotatable bonds is 4. The van der Waals surface area contributed by atoms with Crippen LogP contribution in [-0.2, 0) is 18.3 Å². The van der Waals surface area contributed by atoms with Gasteiger partial charge in [-0.2, -0.15) is 5.10 Å². The zero-order valence-corrected chi connectivity index (χ0v) is 12.2. The first-order valence-electron chi connectivity index (χ1n) is 7.33. The molecule has 1 amide bonds. The average Bonchev–Trinajstić information content (AvgIpc) is 2.77. The number of nitrogens with zero attached hydrogens (tertiary/aromatic N) is 2. The molecule has 1 aromatic heterocycles. The number of aryl methyl sites for hydroxylation is 2. The quantitative estimate of drug-likeness (QED) is 0.906. The number of nitrogens with one attached hydrogen (secondary N) is 1. The summed E-state index contributed by atoms with van der Waals surface area (Å²) in [6.07, 6.45) is 8.90. The van der Waals surface area contributed by atoms with Crippen molar-refractivity contribution in [3.8, 4) is 0 Å². The zero-order valence-electron chi connectivity index (χ0n) is 12.2. The second kappa shape index (κ2) is 6.22. The molecule has 106 valence electrons. The standard InChI is InChI=1S/C15H25N3O/c1-11-5-4-6-12(2)15(11)17-14(19)8-7-13-9-16-18(3)10-13/h9-12,15H,4-8H2,1-3H3,(H,17,19)/t11-,12-/m0/s1. The molecule has 2 rings (SSSR count). The fraction of sp³-hybridized carbons (Fsp3) is 0.733. The molecule has 1 saturated carbocycles. The molecular formula is C15H25N3O. The molecule has 1 heterocycles. The van der Waals surface area contributed by atoms with Gasteiger partial charge in [-0.05, 0) is 36.7 Å². The Balaban J connectivity index is 1.80. The van der Waals surface area contributed by atoms with Crippen LogP contribution in [0.15, 0.2) is 12.4 Å². The molecule has 2 atom stereocenters. The van der Waals surface area contributed by atoms with E-state index < -0.39 is 0 Å². The van der Waals surface area contributed by atoms with Gasteiger partial charge in [0.05, 0.1) is 6.20 Å². The second-order valence-electron chi connectivity index (χ2n) is 6.00. The third-order valence-corrected chi connectivity index (χ3v) is 4.27. The Bertz CT molecular complexity index is 417. The molecule has 1 fully saturated rings. The van der Waals surface area contributed by atoms with E-state index in [2.05, 4.69) is 24.3 Å². The minimum atomic E-state index is 0.175. The normalized spacial score (nSPS) is 24.4. The fourth-order valence-corrected chi connectivity index (χ4v) is 3.08. The molecule has 1 aliphatic rings. The van der Waals surface area contributed by atoms with Gasteiger partial charge in [-0.3, -0.25) is 9.48 Å². The van der Waals surface area contributed by atoms with Crippen molar-refractivity contribution < 1.29 is 4.79 Å². The lowest BCUT2D eigenvalue weighted by molar-refractivity contribution is -0.122. The van der Waals surface area contributed by atoms with Gasteiger partial charge in [0, 0.05) is 25.7 Å². The van der Waals surface area contributed by atoms with E-state index in [-0.39, 0.29) is 5.91 Å². The summed E-state index contributed by atoms with van der Waals surface area (Å²) in [5.74, 6) is 1.38. The van der Waals surface area contributed by atoms with E-state index >= 15 is 0 Å². The van der Waals surface area contributed by atoms with Crippen molar-refractivity contribution in [1.82, 2.24) is 15.1 Å². The number of hydrogen-bond acceptors (Lipinski definition) is 2. The van der Waals surface area contributed by atoms with E-state index in [1.54, 1.807) is 4.68 Å². The Labute approximate surface area is 115 Å². The number of hydrogen-bond donors (Lipinski definition) is 1. The van der Waals surface area contributed by atoms with Crippen LogP contribution in [0.4, 0.5) is 0 Å². The largest absolute Gasteiger partial charge is 0.353 e. The highest BCUT2D eigenvalue weighted by Crippen LogP contribution is 2.28. The first kappa shape index (κ1) is 14.1. The number of aromatic nitrogens is 2. The van der Waals surface area contributed by atoms with Crippen molar-refractivity contribution in [2.75, 3.05) is 0 Å². The van der Waals surface area contributed by atoms with Gasteiger partial charge in [-0.1, -0.05) is 20.3 Å². The molecule has 0 radical (unpaired) electrons. The van der Waals surface area contributed by atoms with Crippen molar-refractivity contribution >= 4 is 5.91 Å². The Morgan fingerprint density at radius 1 is 1.42 bits per heavy atom. The summed E-state index contributed by atoms with van der Waals surface area (Å²) in [7, 11) is 1.90. The summed E-state index contributed by atoms with van der Waals surface area (Å²) >= 11 is 0. The highest BCUT2D eigenvalue weighted by atomic mass is 16.1. The maximum atomic E-state index is 12.0. The lowest BCUT2D eigenvalue weighted by Gasteiger charge is -2.35. The van der Waals surface area contributed by atoms with Gasteiger partial charge in [0.15, 0.2) is 0 Å². The number of carbonyl (C=O) groups is 1. The Morgan fingerprint density at radius 3 is 2.68 bits per heavy atom. The van der Waals surface area contributed by atoms with E-state index in [1.165, 1.54) is 19.3 Å². The van der Waals surface area contributed by atoms with Gasteiger partial charge < -0.3 is 5.32 Å². The summed E-state index contributed by atoms with van der Waals surface area (Å²) in [5.41, 5.74) is 1.13. The molecule has 4 nitrogen and oxygen atoms in total. The third kappa shape index (κ3) is 3.82. The van der Waals surface area contributed by atoms with Crippen LogP contribution in [-0.4, -0.2) is 21.7 Å². The van der Waals surface area contributed by atoms with Gasteiger partial charge in [-0.15, -0.1) is 0 Å². The van der Waals surface area contributed by atoms with Crippen LogP contribution in [0.5, 0.6) is 0 Å². The molecule has 1 aliphatic carbocycles. The number of amides is 1. The first-order chi connectivity index (χ1) is 9.06. The molecule has 4 heteroatoms. The van der Waals surface area contributed by atoms with Crippen LogP contribution in [0.1, 0.15) is 45.1 Å². The summed E-state index contributed by atoms with van der Waals surface area (Å²) in [6, 6.07) is 0.357. The van der Waals surface area contributed by atoms with Gasteiger partial charge in [0.25, 0.3) is 0 Å². The van der Waals surface area contributed by atoms with Crippen LogP contribution in [0, 0.1) is 11.8 Å². The minimum absolute atomic E-state index is 0.175. The minimum Gasteiger partial charge on any atom is -0.353 e. The molecule has 1 aromatic rings. The predicted octanol–water partition coefficient (Wildman–Crippen LogP) is 2.29. The smallest absolute Gasteiger partial charge is 0.220 e. The zero-order chi connectivity index (χ0) is 13.8. The summed E-state index contributed by atoms with van der Waals surface area (Å²) in [5, 5.41) is 7.35. The Morgan fingerprint density at radius 2 is 2.11 bits per heavy atom. The molecular weight excluding hydrogens is 238 g/mol. The maximum absolute atomic E-state index is 12.0. The first-order valence-corrected chi connectivity index (χ1v) is 7.33. The molecule has 0 unspecified atom stereocenters. The van der Waals surface area contributed by atoms with Crippen LogP contribution >= 0.6 is 0 Å². The Kier molecular flexibility index (Phi) is 4.61. The van der Waals surface area contributed by atoms with Crippen LogP contribution in [0.25, 0.3) is 0 Å². The van der Waals surface area contributed by atoms with E-state index in [1.807, 2.05) is 19.4 Å². The molecule has 0 saturated heterocycles. The molecule has 1 N–H and O–H groups in total. The number of carbonyl (C=O) groups excluding carboxylic acids is 1. The average molecular weight is 263 g/mol. The maximum Gasteiger partial charge on any atom is 0.220 e. The van der Waals surface area contributed by atoms with E-state index in [0.29, 0.717) is 24.3 Å². The van der Waals surface area contributed by atoms with Crippen LogP contribution in [0.2, 0.25) is 0 Å². The molecule has 0 spiro atoms. The van der Waals surface area contributed by atoms with Crippen molar-refractivity contribution in [3.63, 3.8) is 0 Å². The highest BCUT2D eigenvalue weighted by Gasteiger charge is 2.28. The van der Waals surface area contributed by atoms with Crippen molar-refractivity contribution in [2.45, 2.75) is 52.0 Å². The van der Waals surface area contributed by atoms with E-state index in [4.69, 9.17) is 0 Å². The molecule has 0 bridgehead atoms. The second-order valence-corrected chi connectivity index (χ2v) is 6.00. The van der Waals surface area contributed by atoms with Crippen molar-refractivity contribution in [1.29, 1.82) is 0 Å². The molecule has 19 heavy (non-hydrogen) atoms. The Hall–Kier alpha value is -1.32. The lowest BCUT2D eigenvalue weighted by atomic mass is 9.78. The summed E-state index contributed by atoms with van der Waals surface area (Å²) in [4.78, 5) is 12.0. The van der Waals surface area contributed by atoms with Crippen molar-refractivity contribution in [2.24, 2.45) is 18.9 Å². The molecule has 0 aliphatic heterocycles. The van der Waals surface area contributed by atoms with E-state index in [9.17, 15) is 4.79 Å². The van der Waals surface area contributed by atoms with Gasteiger partial charge in [0.2, 0.25) is 5.91 Å². The van der Waals surface area contributed by atoms with Crippen LogP contribution in [0.3, 0.4) is 0 Å². The monoisotopic (exact) mass is 263 g/mol. The summed E-state index contributed by atoms with van der Waals surface area (Å²) < 4.78 is 1.78. The van der Waals surface area contributed by atoms with Crippen LogP contribution < -0.4 is 5.32 Å². The van der Waals surface area contributed by atoms with Gasteiger partial charge in [-0.25, -0.2) is 0 Å². The molecule has 0 aromatic carbocycles. The van der Waals surface area contributed by atoms with Crippen molar-refractivity contribution in [3.05, 3.63) is 18.0 Å². The van der Waals surface area contributed by atoms with Gasteiger partial charge in [0.1, 0.15) is 0 Å². The van der Waals surface area contributed by atoms with E-state index in [0.717, 1.165) is 12.0 Å². The SMILES string of the molecule is C[C@H]1CCC[C@H](C)C1NC(=O)CCc1cnn(C)c1. The van der Waals surface area contributed by atoms with Gasteiger partial charge >= 0.3 is 0 Å².